The molecule has 0 fully saturated rings. The lowest BCUT2D eigenvalue weighted by Crippen LogP contribution is -2.25. The summed E-state index contributed by atoms with van der Waals surface area (Å²) in [6.07, 6.45) is -4.35. The fourth-order valence-electron chi connectivity index (χ4n) is 3.02. The van der Waals surface area contributed by atoms with Crippen LogP contribution in [0.25, 0.3) is 5.69 Å². The number of halogens is 4. The average molecular weight is 422 g/mol. The molecule has 0 saturated carbocycles. The lowest BCUT2D eigenvalue weighted by molar-refractivity contribution is -0.137. The highest BCUT2D eigenvalue weighted by atomic mass is 35.5. The Hall–Kier alpha value is -2.80. The van der Waals surface area contributed by atoms with Gasteiger partial charge in [0.2, 0.25) is 5.91 Å². The van der Waals surface area contributed by atoms with Crippen molar-refractivity contribution in [2.45, 2.75) is 33.0 Å². The van der Waals surface area contributed by atoms with Crippen molar-refractivity contribution in [3.8, 4) is 5.69 Å². The van der Waals surface area contributed by atoms with Crippen LogP contribution in [0.3, 0.4) is 0 Å². The summed E-state index contributed by atoms with van der Waals surface area (Å²) in [7, 11) is 0. The summed E-state index contributed by atoms with van der Waals surface area (Å²) >= 11 is 5.85. The second kappa shape index (κ2) is 8.29. The van der Waals surface area contributed by atoms with Crippen molar-refractivity contribution >= 4 is 17.5 Å². The molecule has 1 N–H and O–H groups in total. The summed E-state index contributed by atoms with van der Waals surface area (Å²) in [6, 6.07) is 12.1. The van der Waals surface area contributed by atoms with Gasteiger partial charge in [0.05, 0.1) is 23.4 Å². The lowest BCUT2D eigenvalue weighted by atomic mass is 10.1. The maximum Gasteiger partial charge on any atom is 0.416 e. The number of benzene rings is 2. The Morgan fingerprint density at radius 2 is 1.83 bits per heavy atom. The Morgan fingerprint density at radius 1 is 1.14 bits per heavy atom. The van der Waals surface area contributed by atoms with Crippen molar-refractivity contribution in [3.05, 3.63) is 81.6 Å². The van der Waals surface area contributed by atoms with E-state index in [9.17, 15) is 18.0 Å². The molecule has 0 aliphatic heterocycles. The van der Waals surface area contributed by atoms with Gasteiger partial charge in [0.15, 0.2) is 0 Å². The first kappa shape index (κ1) is 20.9. The molecular weight excluding hydrogens is 403 g/mol. The molecule has 2 aromatic carbocycles. The fraction of sp³-hybridized carbons (Fsp3) is 0.238. The molecule has 3 rings (SSSR count). The number of rotatable bonds is 5. The first-order valence-electron chi connectivity index (χ1n) is 8.89. The highest BCUT2D eigenvalue weighted by Gasteiger charge is 2.30. The Bertz CT molecular complexity index is 1030. The lowest BCUT2D eigenvalue weighted by Gasteiger charge is -2.10. The van der Waals surface area contributed by atoms with Gasteiger partial charge in [-0.25, -0.2) is 4.68 Å². The smallest absolute Gasteiger partial charge is 0.352 e. The molecule has 0 aliphatic rings. The standard InChI is InChI=1S/C21H19ClF3N3O/c1-13-19(11-20(29)26-12-15-6-8-17(22)9-7-15)14(2)28(27-13)18-5-3-4-16(10-18)21(23,24)25/h3-10H,11-12H2,1-2H3,(H,26,29). The number of carbonyl (C=O) groups excluding carboxylic acids is 1. The monoisotopic (exact) mass is 421 g/mol. The van der Waals surface area contributed by atoms with E-state index < -0.39 is 11.7 Å². The molecule has 3 aromatic rings. The molecule has 8 heteroatoms. The zero-order valence-electron chi connectivity index (χ0n) is 15.8. The predicted octanol–water partition coefficient (Wildman–Crippen LogP) is 5.02. The van der Waals surface area contributed by atoms with Crippen LogP contribution in [-0.4, -0.2) is 15.7 Å². The third-order valence-corrected chi connectivity index (χ3v) is 4.85. The van der Waals surface area contributed by atoms with Crippen molar-refractivity contribution in [1.82, 2.24) is 15.1 Å². The van der Waals surface area contributed by atoms with E-state index in [1.165, 1.54) is 10.7 Å². The second-order valence-corrected chi connectivity index (χ2v) is 7.13. The number of hydrogen-bond donors (Lipinski definition) is 1. The first-order chi connectivity index (χ1) is 13.6. The van der Waals surface area contributed by atoms with Gasteiger partial charge in [-0.05, 0) is 49.7 Å². The number of nitrogens with one attached hydrogen (secondary N) is 1. The van der Waals surface area contributed by atoms with E-state index in [0.29, 0.717) is 34.2 Å². The molecule has 0 spiro atoms. The minimum atomic E-state index is -4.43. The number of aromatic nitrogens is 2. The number of alkyl halides is 3. The van der Waals surface area contributed by atoms with Crippen LogP contribution in [-0.2, 0) is 23.9 Å². The van der Waals surface area contributed by atoms with E-state index in [4.69, 9.17) is 11.6 Å². The largest absolute Gasteiger partial charge is 0.416 e. The van der Waals surface area contributed by atoms with Crippen molar-refractivity contribution in [2.75, 3.05) is 0 Å². The van der Waals surface area contributed by atoms with Crippen molar-refractivity contribution < 1.29 is 18.0 Å². The van der Waals surface area contributed by atoms with Crippen LogP contribution in [0.5, 0.6) is 0 Å². The molecule has 4 nitrogen and oxygen atoms in total. The molecule has 1 aromatic heterocycles. The minimum Gasteiger partial charge on any atom is -0.352 e. The van der Waals surface area contributed by atoms with Gasteiger partial charge in [-0.3, -0.25) is 4.79 Å². The van der Waals surface area contributed by atoms with Crippen molar-refractivity contribution in [2.24, 2.45) is 0 Å². The fourth-order valence-corrected chi connectivity index (χ4v) is 3.15. The van der Waals surface area contributed by atoms with E-state index in [1.807, 2.05) is 12.1 Å². The van der Waals surface area contributed by atoms with Crippen molar-refractivity contribution in [1.29, 1.82) is 0 Å². The summed E-state index contributed by atoms with van der Waals surface area (Å²) in [6.45, 7) is 3.83. The number of amides is 1. The molecule has 0 unspecified atom stereocenters. The Balaban J connectivity index is 1.75. The van der Waals surface area contributed by atoms with E-state index in [0.717, 1.165) is 17.7 Å². The average Bonchev–Trinajstić information content (AvgIpc) is 2.95. The zero-order valence-corrected chi connectivity index (χ0v) is 16.6. The van der Waals surface area contributed by atoms with Crippen LogP contribution in [0.4, 0.5) is 13.2 Å². The number of nitrogens with zero attached hydrogens (tertiary/aromatic N) is 2. The zero-order chi connectivity index (χ0) is 21.2. The number of carbonyl (C=O) groups is 1. The van der Waals surface area contributed by atoms with Crippen LogP contribution in [0.15, 0.2) is 48.5 Å². The highest BCUT2D eigenvalue weighted by Crippen LogP contribution is 2.30. The van der Waals surface area contributed by atoms with Gasteiger partial charge in [0.25, 0.3) is 0 Å². The summed E-state index contributed by atoms with van der Waals surface area (Å²) in [5.74, 6) is -0.199. The van der Waals surface area contributed by atoms with Crippen LogP contribution in [0.1, 0.15) is 28.1 Å². The van der Waals surface area contributed by atoms with E-state index in [1.54, 1.807) is 32.0 Å². The third-order valence-electron chi connectivity index (χ3n) is 4.60. The van der Waals surface area contributed by atoms with Crippen LogP contribution in [0.2, 0.25) is 5.02 Å². The molecule has 0 bridgehead atoms. The molecule has 0 saturated heterocycles. The first-order valence-corrected chi connectivity index (χ1v) is 9.27. The summed E-state index contributed by atoms with van der Waals surface area (Å²) in [4.78, 5) is 12.4. The molecule has 0 radical (unpaired) electrons. The van der Waals surface area contributed by atoms with Gasteiger partial charge < -0.3 is 5.32 Å². The molecule has 152 valence electrons. The molecule has 0 atom stereocenters. The van der Waals surface area contributed by atoms with Crippen molar-refractivity contribution in [3.63, 3.8) is 0 Å². The van der Waals surface area contributed by atoms with Crippen LogP contribution < -0.4 is 5.32 Å². The second-order valence-electron chi connectivity index (χ2n) is 6.69. The van der Waals surface area contributed by atoms with Gasteiger partial charge in [-0.2, -0.15) is 18.3 Å². The topological polar surface area (TPSA) is 46.9 Å². The Kier molecular flexibility index (Phi) is 5.98. The summed E-state index contributed by atoms with van der Waals surface area (Å²) in [5.41, 5.74) is 2.38. The van der Waals surface area contributed by atoms with E-state index >= 15 is 0 Å². The highest BCUT2D eigenvalue weighted by molar-refractivity contribution is 6.30. The van der Waals surface area contributed by atoms with Gasteiger partial charge in [0, 0.05) is 22.8 Å². The molecule has 0 aliphatic carbocycles. The SMILES string of the molecule is Cc1nn(-c2cccc(C(F)(F)F)c2)c(C)c1CC(=O)NCc1ccc(Cl)cc1. The van der Waals surface area contributed by atoms with Gasteiger partial charge >= 0.3 is 6.18 Å². The molecule has 1 heterocycles. The van der Waals surface area contributed by atoms with Gasteiger partial charge in [0.1, 0.15) is 0 Å². The Morgan fingerprint density at radius 3 is 2.48 bits per heavy atom. The maximum atomic E-state index is 13.0. The normalized spacial score (nSPS) is 11.5. The minimum absolute atomic E-state index is 0.0875. The molecule has 1 amide bonds. The molecule has 29 heavy (non-hydrogen) atoms. The van der Waals surface area contributed by atoms with Crippen LogP contribution >= 0.6 is 11.6 Å². The Labute approximate surface area is 171 Å². The quantitative estimate of drug-likeness (QED) is 0.628. The third kappa shape index (κ3) is 4.98. The number of hydrogen-bond acceptors (Lipinski definition) is 2. The van der Waals surface area contributed by atoms with Gasteiger partial charge in [-0.1, -0.05) is 29.8 Å². The van der Waals surface area contributed by atoms with Crippen LogP contribution in [0, 0.1) is 13.8 Å². The number of aryl methyl sites for hydroxylation is 1. The van der Waals surface area contributed by atoms with Gasteiger partial charge in [-0.15, -0.1) is 0 Å². The summed E-state index contributed by atoms with van der Waals surface area (Å²) in [5, 5.41) is 7.79. The predicted molar refractivity (Wildman–Crippen MR) is 105 cm³/mol. The molecular formula is C21H19ClF3N3O. The van der Waals surface area contributed by atoms with E-state index in [2.05, 4.69) is 10.4 Å². The maximum absolute atomic E-state index is 13.0. The van der Waals surface area contributed by atoms with E-state index in [-0.39, 0.29) is 12.3 Å². The summed E-state index contributed by atoms with van der Waals surface area (Å²) < 4.78 is 40.4.